The van der Waals surface area contributed by atoms with E-state index < -0.39 is 9.84 Å². The van der Waals surface area contributed by atoms with Crippen LogP contribution >= 0.6 is 0 Å². The van der Waals surface area contributed by atoms with Gasteiger partial charge in [0.1, 0.15) is 0 Å². The van der Waals surface area contributed by atoms with Crippen LogP contribution in [-0.2, 0) is 9.84 Å². The minimum Gasteiger partial charge on any atom is -0.223 e. The van der Waals surface area contributed by atoms with Gasteiger partial charge in [-0.1, -0.05) is 18.2 Å². The lowest BCUT2D eigenvalue weighted by atomic mass is 9.58. The lowest BCUT2D eigenvalue weighted by Gasteiger charge is -2.49. The second-order valence-electron chi connectivity index (χ2n) is 6.24. The summed E-state index contributed by atoms with van der Waals surface area (Å²) in [5, 5.41) is 0. The van der Waals surface area contributed by atoms with Gasteiger partial charge in [-0.2, -0.15) is 0 Å². The van der Waals surface area contributed by atoms with Gasteiger partial charge in [0.15, 0.2) is 9.84 Å². The molecule has 17 heavy (non-hydrogen) atoms. The van der Waals surface area contributed by atoms with E-state index in [4.69, 9.17) is 0 Å². The molecule has 1 aromatic carbocycles. The van der Waals surface area contributed by atoms with E-state index in [2.05, 4.69) is 0 Å². The van der Waals surface area contributed by atoms with Gasteiger partial charge in [0.2, 0.25) is 0 Å². The fourth-order valence-electron chi connectivity index (χ4n) is 5.16. The summed E-state index contributed by atoms with van der Waals surface area (Å²) in [4.78, 5) is 0.552. The van der Waals surface area contributed by atoms with Crippen LogP contribution in [0.1, 0.15) is 12.8 Å². The Balaban J connectivity index is 1.63. The Morgan fingerprint density at radius 1 is 0.941 bits per heavy atom. The van der Waals surface area contributed by atoms with Gasteiger partial charge < -0.3 is 0 Å². The first kappa shape index (κ1) is 9.15. The molecule has 0 N–H and O–H groups in total. The van der Waals surface area contributed by atoms with Crippen molar-refractivity contribution in [3.8, 4) is 0 Å². The van der Waals surface area contributed by atoms with Crippen molar-refractivity contribution < 1.29 is 8.42 Å². The van der Waals surface area contributed by atoms with Crippen LogP contribution in [0.4, 0.5) is 0 Å². The quantitative estimate of drug-likeness (QED) is 0.801. The van der Waals surface area contributed by atoms with Crippen LogP contribution in [0.5, 0.6) is 0 Å². The van der Waals surface area contributed by atoms with E-state index in [1.165, 1.54) is 12.8 Å². The molecule has 0 aromatic heterocycles. The number of sulfone groups is 1. The fraction of sp³-hybridized carbons (Fsp3) is 0.571. The van der Waals surface area contributed by atoms with E-state index >= 15 is 0 Å². The average molecular weight is 246 g/mol. The molecule has 0 aliphatic heterocycles. The molecule has 0 radical (unpaired) electrons. The van der Waals surface area contributed by atoms with Crippen molar-refractivity contribution in [2.24, 2.45) is 29.6 Å². The molecule has 7 aliphatic carbocycles. The molecule has 88 valence electrons. The van der Waals surface area contributed by atoms with Crippen LogP contribution < -0.4 is 0 Å². The first-order valence-electron chi connectivity index (χ1n) is 6.48. The molecule has 0 saturated heterocycles. The lowest BCUT2D eigenvalue weighted by Crippen LogP contribution is -2.47. The summed E-state index contributed by atoms with van der Waals surface area (Å²) in [7, 11) is -3.05. The molecule has 2 nitrogen and oxygen atoms in total. The highest BCUT2D eigenvalue weighted by Crippen LogP contribution is 2.92. The summed E-state index contributed by atoms with van der Waals surface area (Å²) < 4.78 is 25.2. The third-order valence-electron chi connectivity index (χ3n) is 5.86. The smallest absolute Gasteiger partial charge is 0.184 e. The predicted molar refractivity (Wildman–Crippen MR) is 63.0 cm³/mol. The highest BCUT2D eigenvalue weighted by atomic mass is 32.2. The molecule has 0 amide bonds. The first-order chi connectivity index (χ1) is 8.19. The van der Waals surface area contributed by atoms with Crippen LogP contribution in [0.25, 0.3) is 0 Å². The van der Waals surface area contributed by atoms with Gasteiger partial charge in [-0.15, -0.1) is 0 Å². The number of hydrogen-bond acceptors (Lipinski definition) is 2. The Hall–Kier alpha value is -0.830. The van der Waals surface area contributed by atoms with E-state index in [9.17, 15) is 8.42 Å². The molecule has 7 aliphatic rings. The largest absolute Gasteiger partial charge is 0.223 e. The van der Waals surface area contributed by atoms with E-state index in [0.717, 1.165) is 11.8 Å². The zero-order valence-electron chi connectivity index (χ0n) is 9.41. The van der Waals surface area contributed by atoms with Gasteiger partial charge in [0, 0.05) is 0 Å². The molecule has 1 aromatic rings. The Bertz CT molecular complexity index is 597. The lowest BCUT2D eigenvalue weighted by molar-refractivity contribution is 0.0249. The molecule has 8 rings (SSSR count). The van der Waals surface area contributed by atoms with Gasteiger partial charge in [-0.25, -0.2) is 8.42 Å². The summed E-state index contributed by atoms with van der Waals surface area (Å²) >= 11 is 0. The zero-order chi connectivity index (χ0) is 11.4. The summed E-state index contributed by atoms with van der Waals surface area (Å²) in [5.41, 5.74) is 0. The minimum absolute atomic E-state index is 0.278. The SMILES string of the molecule is O=S(=O)(c1ccccc1)C12C3C4CC(C4)C1C32. The third kappa shape index (κ3) is 0.727. The molecule has 0 heterocycles. The van der Waals surface area contributed by atoms with E-state index in [-0.39, 0.29) is 4.75 Å². The zero-order valence-corrected chi connectivity index (χ0v) is 10.2. The van der Waals surface area contributed by atoms with Crippen LogP contribution in [0.15, 0.2) is 35.2 Å². The Morgan fingerprint density at radius 3 is 2.06 bits per heavy atom. The number of benzene rings is 1. The summed E-state index contributed by atoms with van der Waals surface area (Å²) in [6.07, 6.45) is 2.63. The molecule has 2 unspecified atom stereocenters. The van der Waals surface area contributed by atoms with Crippen LogP contribution in [0.2, 0.25) is 0 Å². The van der Waals surface area contributed by atoms with Crippen molar-refractivity contribution in [1.82, 2.24) is 0 Å². The first-order valence-corrected chi connectivity index (χ1v) is 7.97. The maximum Gasteiger partial charge on any atom is 0.184 e. The normalized spacial score (nSPS) is 52.4. The predicted octanol–water partition coefficient (Wildman–Crippen LogP) is 2.11. The van der Waals surface area contributed by atoms with E-state index in [1.807, 2.05) is 18.2 Å². The molecule has 7 saturated carbocycles. The second-order valence-corrected chi connectivity index (χ2v) is 8.42. The Labute approximate surface area is 101 Å². The summed E-state index contributed by atoms with van der Waals surface area (Å²) in [6, 6.07) is 9.07. The number of rotatable bonds is 2. The molecule has 0 spiro atoms. The summed E-state index contributed by atoms with van der Waals surface area (Å²) in [6.45, 7) is 0. The van der Waals surface area contributed by atoms with Gasteiger partial charge in [0.05, 0.1) is 9.64 Å². The number of hydrogen-bond donors (Lipinski definition) is 0. The minimum atomic E-state index is -3.05. The molecular weight excluding hydrogens is 232 g/mol. The molecule has 7 fully saturated rings. The van der Waals surface area contributed by atoms with Crippen molar-refractivity contribution in [2.45, 2.75) is 22.5 Å². The van der Waals surface area contributed by atoms with Crippen molar-refractivity contribution >= 4 is 9.84 Å². The monoisotopic (exact) mass is 246 g/mol. The van der Waals surface area contributed by atoms with Gasteiger partial charge in [-0.05, 0) is 54.6 Å². The average Bonchev–Trinajstić information content (AvgIpc) is 3.18. The summed E-state index contributed by atoms with van der Waals surface area (Å²) in [5.74, 6) is 3.09. The maximum atomic E-state index is 12.7. The van der Waals surface area contributed by atoms with Crippen molar-refractivity contribution in [3.05, 3.63) is 30.3 Å². The van der Waals surface area contributed by atoms with E-state index in [1.54, 1.807) is 12.1 Å². The highest BCUT2D eigenvalue weighted by Gasteiger charge is 2.98. The fourth-order valence-corrected chi connectivity index (χ4v) is 8.00. The molecular formula is C14H14O2S. The van der Waals surface area contributed by atoms with Crippen molar-refractivity contribution in [1.29, 1.82) is 0 Å². The highest BCUT2D eigenvalue weighted by molar-refractivity contribution is 7.93. The Morgan fingerprint density at radius 2 is 1.53 bits per heavy atom. The van der Waals surface area contributed by atoms with Gasteiger partial charge >= 0.3 is 0 Å². The molecule has 3 heteroatoms. The van der Waals surface area contributed by atoms with Crippen molar-refractivity contribution in [2.75, 3.05) is 0 Å². The maximum absolute atomic E-state index is 12.7. The third-order valence-corrected chi connectivity index (χ3v) is 8.50. The van der Waals surface area contributed by atoms with Crippen LogP contribution in [0.3, 0.4) is 0 Å². The topological polar surface area (TPSA) is 34.1 Å². The molecule has 4 bridgehead atoms. The van der Waals surface area contributed by atoms with Crippen LogP contribution in [0, 0.1) is 29.6 Å². The molecule has 2 atom stereocenters. The van der Waals surface area contributed by atoms with E-state index in [0.29, 0.717) is 22.6 Å². The van der Waals surface area contributed by atoms with Gasteiger partial charge in [0.25, 0.3) is 0 Å². The van der Waals surface area contributed by atoms with Crippen LogP contribution in [-0.4, -0.2) is 13.2 Å². The van der Waals surface area contributed by atoms with Gasteiger partial charge in [-0.3, -0.25) is 0 Å². The Kier molecular flexibility index (Phi) is 1.25. The second kappa shape index (κ2) is 2.33. The standard InChI is InChI=1S/C14H14O2S/c15-17(16,10-4-2-1-3-5-10)14-11-8-6-9(7-8)12(14)13(11)14/h1-5,8-9,11-13H,6-7H2. The van der Waals surface area contributed by atoms with Crippen molar-refractivity contribution in [3.63, 3.8) is 0 Å².